The number of nitrogens with one attached hydrogen (secondary N) is 1. The fourth-order valence-electron chi connectivity index (χ4n) is 2.65. The predicted octanol–water partition coefficient (Wildman–Crippen LogP) is 1.95. The van der Waals surface area contributed by atoms with Crippen LogP contribution in [0.3, 0.4) is 0 Å². The fraction of sp³-hybridized carbons (Fsp3) is 0.526. The van der Waals surface area contributed by atoms with E-state index >= 15 is 0 Å². The summed E-state index contributed by atoms with van der Waals surface area (Å²) in [6.45, 7) is 7.11. The maximum Gasteiger partial charge on any atom is 0.257 e. The molecule has 25 heavy (non-hydrogen) atoms. The highest BCUT2D eigenvalue weighted by molar-refractivity contribution is 5.77. The molecule has 2 rings (SSSR count). The lowest BCUT2D eigenvalue weighted by molar-refractivity contribution is -0.123. The van der Waals surface area contributed by atoms with Gasteiger partial charge in [-0.15, -0.1) is 0 Å². The van der Waals surface area contributed by atoms with Crippen LogP contribution in [0.15, 0.2) is 24.3 Å². The van der Waals surface area contributed by atoms with Crippen LogP contribution in [0, 0.1) is 0 Å². The van der Waals surface area contributed by atoms with Gasteiger partial charge in [0, 0.05) is 19.6 Å². The van der Waals surface area contributed by atoms with Crippen LogP contribution in [-0.4, -0.2) is 63.9 Å². The van der Waals surface area contributed by atoms with E-state index in [0.717, 1.165) is 44.8 Å². The molecule has 138 valence electrons. The summed E-state index contributed by atoms with van der Waals surface area (Å²) in [7, 11) is 1.59. The Kier molecular flexibility index (Phi) is 8.28. The van der Waals surface area contributed by atoms with Gasteiger partial charge in [0.05, 0.1) is 20.3 Å². The van der Waals surface area contributed by atoms with Crippen molar-refractivity contribution >= 4 is 12.0 Å². The third-order valence-corrected chi connectivity index (χ3v) is 3.98. The summed E-state index contributed by atoms with van der Waals surface area (Å²) in [6.07, 6.45) is 4.86. The summed E-state index contributed by atoms with van der Waals surface area (Å²) in [4.78, 5) is 14.3. The molecule has 0 bridgehead atoms. The van der Waals surface area contributed by atoms with Gasteiger partial charge in [-0.25, -0.2) is 0 Å². The van der Waals surface area contributed by atoms with Gasteiger partial charge in [0.2, 0.25) is 0 Å². The lowest BCUT2D eigenvalue weighted by atomic mass is 10.2. The molecular weight excluding hydrogens is 320 g/mol. The monoisotopic (exact) mass is 348 g/mol. The number of hydrogen-bond acceptors (Lipinski definition) is 5. The van der Waals surface area contributed by atoms with E-state index in [4.69, 9.17) is 14.2 Å². The maximum absolute atomic E-state index is 11.9. The summed E-state index contributed by atoms with van der Waals surface area (Å²) in [5.74, 6) is 1.07. The summed E-state index contributed by atoms with van der Waals surface area (Å²) in [5, 5.41) is 2.89. The molecule has 1 aromatic rings. The maximum atomic E-state index is 11.9. The van der Waals surface area contributed by atoms with Crippen LogP contribution in [0.25, 0.3) is 6.08 Å². The van der Waals surface area contributed by atoms with Crippen molar-refractivity contribution in [1.82, 2.24) is 10.2 Å². The van der Waals surface area contributed by atoms with E-state index < -0.39 is 0 Å². The lowest BCUT2D eigenvalue weighted by Gasteiger charge is -2.26. The minimum Gasteiger partial charge on any atom is -0.493 e. The minimum absolute atomic E-state index is 0.0170. The van der Waals surface area contributed by atoms with Crippen LogP contribution in [0.1, 0.15) is 18.9 Å². The van der Waals surface area contributed by atoms with E-state index in [9.17, 15) is 4.79 Å². The number of rotatable bonds is 9. The molecule has 0 aromatic heterocycles. The van der Waals surface area contributed by atoms with Crippen LogP contribution < -0.4 is 14.8 Å². The molecule has 0 saturated carbocycles. The van der Waals surface area contributed by atoms with Crippen molar-refractivity contribution in [1.29, 1.82) is 0 Å². The number of amides is 1. The molecular formula is C19H28N2O4. The van der Waals surface area contributed by atoms with Crippen molar-refractivity contribution in [2.24, 2.45) is 0 Å². The highest BCUT2D eigenvalue weighted by atomic mass is 16.5. The van der Waals surface area contributed by atoms with Gasteiger partial charge in [-0.2, -0.15) is 0 Å². The number of morpholine rings is 1. The van der Waals surface area contributed by atoms with E-state index in [2.05, 4.69) is 10.2 Å². The standard InChI is InChI=1S/C19H28N2O4/c1-3-5-16-6-7-17(18(14-16)23-2)25-15-19(22)20-8-4-9-21-10-12-24-13-11-21/h3,5-7,14H,4,8-13,15H2,1-2H3,(H,20,22)/b5-3+. The van der Waals surface area contributed by atoms with Crippen molar-refractivity contribution in [2.45, 2.75) is 13.3 Å². The Bertz CT molecular complexity index is 569. The summed E-state index contributed by atoms with van der Waals surface area (Å²) >= 11 is 0. The summed E-state index contributed by atoms with van der Waals surface area (Å²) in [5.41, 5.74) is 1.03. The van der Waals surface area contributed by atoms with Crippen molar-refractivity contribution in [2.75, 3.05) is 53.1 Å². The Labute approximate surface area is 149 Å². The Morgan fingerprint density at radius 3 is 2.84 bits per heavy atom. The fourth-order valence-corrected chi connectivity index (χ4v) is 2.65. The second kappa shape index (κ2) is 10.7. The highest BCUT2D eigenvalue weighted by Crippen LogP contribution is 2.28. The number of allylic oxidation sites excluding steroid dienone is 1. The smallest absolute Gasteiger partial charge is 0.257 e. The van der Waals surface area contributed by atoms with Gasteiger partial charge in [-0.05, 0) is 37.6 Å². The summed E-state index contributed by atoms with van der Waals surface area (Å²) < 4.78 is 16.2. The van der Waals surface area contributed by atoms with Crippen molar-refractivity contribution in [3.8, 4) is 11.5 Å². The molecule has 6 heteroatoms. The van der Waals surface area contributed by atoms with Gasteiger partial charge < -0.3 is 19.5 Å². The van der Waals surface area contributed by atoms with Crippen LogP contribution in [-0.2, 0) is 9.53 Å². The molecule has 0 radical (unpaired) electrons. The van der Waals surface area contributed by atoms with Crippen LogP contribution in [0.5, 0.6) is 11.5 Å². The van der Waals surface area contributed by atoms with Gasteiger partial charge in [0.25, 0.3) is 5.91 Å². The SMILES string of the molecule is C/C=C/c1ccc(OCC(=O)NCCCN2CCOCC2)c(OC)c1. The van der Waals surface area contributed by atoms with E-state index in [0.29, 0.717) is 18.0 Å². The van der Waals surface area contributed by atoms with Crippen LogP contribution >= 0.6 is 0 Å². The van der Waals surface area contributed by atoms with Gasteiger partial charge >= 0.3 is 0 Å². The molecule has 1 aliphatic rings. The Morgan fingerprint density at radius 2 is 2.12 bits per heavy atom. The first kappa shape index (κ1) is 19.3. The van der Waals surface area contributed by atoms with Crippen LogP contribution in [0.4, 0.5) is 0 Å². The predicted molar refractivity (Wildman–Crippen MR) is 98.1 cm³/mol. The molecule has 0 aliphatic carbocycles. The average molecular weight is 348 g/mol. The molecule has 1 saturated heterocycles. The van der Waals surface area contributed by atoms with Gasteiger partial charge in [0.15, 0.2) is 18.1 Å². The Hall–Kier alpha value is -2.05. The molecule has 6 nitrogen and oxygen atoms in total. The largest absolute Gasteiger partial charge is 0.493 e. The average Bonchev–Trinajstić information content (AvgIpc) is 2.65. The number of carbonyl (C=O) groups is 1. The van der Waals surface area contributed by atoms with Gasteiger partial charge in [-0.3, -0.25) is 9.69 Å². The third kappa shape index (κ3) is 6.76. The molecule has 0 spiro atoms. The second-order valence-corrected chi connectivity index (χ2v) is 5.86. The molecule has 1 aliphatic heterocycles. The van der Waals surface area contributed by atoms with E-state index in [1.807, 2.05) is 37.3 Å². The molecule has 1 amide bonds. The van der Waals surface area contributed by atoms with E-state index in [1.165, 1.54) is 0 Å². The third-order valence-electron chi connectivity index (χ3n) is 3.98. The number of methoxy groups -OCH3 is 1. The normalized spacial score (nSPS) is 15.3. The summed E-state index contributed by atoms with van der Waals surface area (Å²) in [6, 6.07) is 5.63. The number of carbonyl (C=O) groups excluding carboxylic acids is 1. The van der Waals surface area contributed by atoms with Crippen molar-refractivity contribution in [3.05, 3.63) is 29.8 Å². The van der Waals surface area contributed by atoms with E-state index in [1.54, 1.807) is 7.11 Å². The van der Waals surface area contributed by atoms with Crippen LogP contribution in [0.2, 0.25) is 0 Å². The number of nitrogens with zero attached hydrogens (tertiary/aromatic N) is 1. The number of ether oxygens (including phenoxy) is 3. The second-order valence-electron chi connectivity index (χ2n) is 5.86. The van der Waals surface area contributed by atoms with Gasteiger partial charge in [0.1, 0.15) is 0 Å². The lowest BCUT2D eigenvalue weighted by Crippen LogP contribution is -2.38. The topological polar surface area (TPSA) is 60.0 Å². The first-order valence-corrected chi connectivity index (χ1v) is 8.73. The van der Waals surface area contributed by atoms with Crippen molar-refractivity contribution in [3.63, 3.8) is 0 Å². The molecule has 1 N–H and O–H groups in total. The highest BCUT2D eigenvalue weighted by Gasteiger charge is 2.10. The molecule has 0 unspecified atom stereocenters. The minimum atomic E-state index is -0.124. The zero-order valence-corrected chi connectivity index (χ0v) is 15.1. The molecule has 1 fully saturated rings. The Balaban J connectivity index is 1.68. The van der Waals surface area contributed by atoms with Gasteiger partial charge in [-0.1, -0.05) is 18.2 Å². The molecule has 1 heterocycles. The zero-order valence-electron chi connectivity index (χ0n) is 15.1. The zero-order chi connectivity index (χ0) is 17.9. The molecule has 1 aromatic carbocycles. The number of benzene rings is 1. The van der Waals surface area contributed by atoms with E-state index in [-0.39, 0.29) is 12.5 Å². The Morgan fingerprint density at radius 1 is 1.32 bits per heavy atom. The first-order chi connectivity index (χ1) is 12.2. The quantitative estimate of drug-likeness (QED) is 0.691. The number of hydrogen-bond donors (Lipinski definition) is 1. The molecule has 0 atom stereocenters. The van der Waals surface area contributed by atoms with Crippen molar-refractivity contribution < 1.29 is 19.0 Å². The first-order valence-electron chi connectivity index (χ1n) is 8.73.